The highest BCUT2D eigenvalue weighted by Crippen LogP contribution is 2.22. The fourth-order valence-corrected chi connectivity index (χ4v) is 2.37. The van der Waals surface area contributed by atoms with Crippen molar-refractivity contribution in [2.24, 2.45) is 0 Å². The Bertz CT molecular complexity index is 451. The molecule has 0 aliphatic rings. The van der Waals surface area contributed by atoms with Gasteiger partial charge in [-0.1, -0.05) is 6.07 Å². The van der Waals surface area contributed by atoms with Gasteiger partial charge in [-0.3, -0.25) is 4.98 Å². The zero-order chi connectivity index (χ0) is 11.4. The molecule has 1 N–H and O–H groups in total. The molecule has 2 aromatic rings. The smallest absolute Gasteiger partial charge is 0.182 e. The molecule has 0 unspecified atom stereocenters. The first-order valence-corrected chi connectivity index (χ1v) is 6.15. The standard InChI is InChI=1S/C12H15N3S/c1-9-11(15-12(13-2)16-9)7-6-10-5-3-4-8-14-10/h3-5,8H,6-7H2,1-2H3,(H,13,15). The molecular formula is C12H15N3S. The summed E-state index contributed by atoms with van der Waals surface area (Å²) in [6.45, 7) is 2.12. The summed E-state index contributed by atoms with van der Waals surface area (Å²) >= 11 is 1.71. The quantitative estimate of drug-likeness (QED) is 0.882. The average molecular weight is 233 g/mol. The van der Waals surface area contributed by atoms with Gasteiger partial charge < -0.3 is 5.32 Å². The van der Waals surface area contributed by atoms with Crippen LogP contribution in [-0.4, -0.2) is 17.0 Å². The van der Waals surface area contributed by atoms with Gasteiger partial charge in [0.05, 0.1) is 5.69 Å². The number of hydrogen-bond donors (Lipinski definition) is 1. The first-order valence-electron chi connectivity index (χ1n) is 5.33. The summed E-state index contributed by atoms with van der Waals surface area (Å²) in [6.07, 6.45) is 3.75. The van der Waals surface area contributed by atoms with Gasteiger partial charge in [-0.05, 0) is 31.9 Å². The van der Waals surface area contributed by atoms with E-state index >= 15 is 0 Å². The van der Waals surface area contributed by atoms with Crippen LogP contribution in [-0.2, 0) is 12.8 Å². The maximum absolute atomic E-state index is 4.52. The molecule has 4 heteroatoms. The maximum atomic E-state index is 4.52. The summed E-state index contributed by atoms with van der Waals surface area (Å²) in [7, 11) is 1.90. The molecular weight excluding hydrogens is 218 g/mol. The van der Waals surface area contributed by atoms with Gasteiger partial charge in [0.15, 0.2) is 5.13 Å². The molecule has 0 amide bonds. The Morgan fingerprint density at radius 1 is 1.31 bits per heavy atom. The van der Waals surface area contributed by atoms with E-state index in [1.807, 2.05) is 25.4 Å². The van der Waals surface area contributed by atoms with Crippen molar-refractivity contribution in [3.05, 3.63) is 40.7 Å². The molecule has 0 atom stereocenters. The minimum Gasteiger partial charge on any atom is -0.365 e. The zero-order valence-corrected chi connectivity index (χ0v) is 10.3. The molecule has 2 rings (SSSR count). The van der Waals surface area contributed by atoms with Crippen LogP contribution in [0.2, 0.25) is 0 Å². The monoisotopic (exact) mass is 233 g/mol. The fraction of sp³-hybridized carbons (Fsp3) is 0.333. The Labute approximate surface area is 99.6 Å². The van der Waals surface area contributed by atoms with Crippen LogP contribution in [0.5, 0.6) is 0 Å². The summed E-state index contributed by atoms with van der Waals surface area (Å²) in [5, 5.41) is 4.07. The van der Waals surface area contributed by atoms with Crippen molar-refractivity contribution in [1.82, 2.24) is 9.97 Å². The Kier molecular flexibility index (Phi) is 3.51. The molecule has 0 aliphatic carbocycles. The van der Waals surface area contributed by atoms with Crippen molar-refractivity contribution >= 4 is 16.5 Å². The summed E-state index contributed by atoms with van der Waals surface area (Å²) in [5.41, 5.74) is 2.31. The lowest BCUT2D eigenvalue weighted by Crippen LogP contribution is -1.96. The number of aryl methyl sites for hydroxylation is 3. The molecule has 0 radical (unpaired) electrons. The number of rotatable bonds is 4. The van der Waals surface area contributed by atoms with Crippen LogP contribution < -0.4 is 5.32 Å². The van der Waals surface area contributed by atoms with Crippen LogP contribution in [0.15, 0.2) is 24.4 Å². The van der Waals surface area contributed by atoms with Gasteiger partial charge in [0.1, 0.15) is 0 Å². The third-order valence-corrected chi connectivity index (χ3v) is 3.48. The average Bonchev–Trinajstić information content (AvgIpc) is 2.69. The van der Waals surface area contributed by atoms with Crippen molar-refractivity contribution in [3.63, 3.8) is 0 Å². The molecule has 16 heavy (non-hydrogen) atoms. The zero-order valence-electron chi connectivity index (χ0n) is 9.53. The second kappa shape index (κ2) is 5.07. The molecule has 0 saturated carbocycles. The first-order chi connectivity index (χ1) is 7.79. The third kappa shape index (κ3) is 2.58. The molecule has 2 heterocycles. The van der Waals surface area contributed by atoms with Gasteiger partial charge in [-0.2, -0.15) is 0 Å². The topological polar surface area (TPSA) is 37.8 Å². The second-order valence-corrected chi connectivity index (χ2v) is 4.80. The van der Waals surface area contributed by atoms with Gasteiger partial charge in [0.25, 0.3) is 0 Å². The SMILES string of the molecule is CNc1nc(CCc2ccccn2)c(C)s1. The fourth-order valence-electron chi connectivity index (χ4n) is 1.56. The van der Waals surface area contributed by atoms with Gasteiger partial charge in [0.2, 0.25) is 0 Å². The van der Waals surface area contributed by atoms with E-state index in [1.54, 1.807) is 11.3 Å². The van der Waals surface area contributed by atoms with Crippen LogP contribution >= 0.6 is 11.3 Å². The van der Waals surface area contributed by atoms with Gasteiger partial charge in [0, 0.05) is 23.8 Å². The largest absolute Gasteiger partial charge is 0.365 e. The molecule has 2 aromatic heterocycles. The number of nitrogens with zero attached hydrogens (tertiary/aromatic N) is 2. The van der Waals surface area contributed by atoms with E-state index in [9.17, 15) is 0 Å². The van der Waals surface area contributed by atoms with Crippen molar-refractivity contribution in [1.29, 1.82) is 0 Å². The normalized spacial score (nSPS) is 10.4. The first kappa shape index (κ1) is 11.1. The number of anilines is 1. The third-order valence-electron chi connectivity index (χ3n) is 2.45. The summed E-state index contributed by atoms with van der Waals surface area (Å²) in [4.78, 5) is 10.1. The van der Waals surface area contributed by atoms with E-state index < -0.39 is 0 Å². The minimum absolute atomic E-state index is 0.953. The minimum atomic E-state index is 0.953. The lowest BCUT2D eigenvalue weighted by molar-refractivity contribution is 0.882. The van der Waals surface area contributed by atoms with Crippen molar-refractivity contribution in [3.8, 4) is 0 Å². The highest BCUT2D eigenvalue weighted by molar-refractivity contribution is 7.15. The Morgan fingerprint density at radius 2 is 2.19 bits per heavy atom. The molecule has 0 aromatic carbocycles. The summed E-state index contributed by atoms with van der Waals surface area (Å²) in [5.74, 6) is 0. The maximum Gasteiger partial charge on any atom is 0.182 e. The van der Waals surface area contributed by atoms with Crippen LogP contribution in [0.25, 0.3) is 0 Å². The lowest BCUT2D eigenvalue weighted by atomic mass is 10.1. The number of thiazole rings is 1. The number of nitrogens with one attached hydrogen (secondary N) is 1. The van der Waals surface area contributed by atoms with Crippen LogP contribution in [0.3, 0.4) is 0 Å². The highest BCUT2D eigenvalue weighted by atomic mass is 32.1. The Morgan fingerprint density at radius 3 is 2.81 bits per heavy atom. The number of pyridine rings is 1. The second-order valence-electron chi connectivity index (χ2n) is 3.59. The molecule has 0 saturated heterocycles. The van der Waals surface area contributed by atoms with Crippen LogP contribution in [0, 0.1) is 6.92 Å². The summed E-state index contributed by atoms with van der Waals surface area (Å²) < 4.78 is 0. The van der Waals surface area contributed by atoms with Crippen molar-refractivity contribution in [2.45, 2.75) is 19.8 Å². The van der Waals surface area contributed by atoms with E-state index in [0.29, 0.717) is 0 Å². The van der Waals surface area contributed by atoms with E-state index in [4.69, 9.17) is 0 Å². The van der Waals surface area contributed by atoms with E-state index in [0.717, 1.165) is 23.7 Å². The van der Waals surface area contributed by atoms with E-state index in [1.165, 1.54) is 10.6 Å². The Hall–Kier alpha value is -1.42. The summed E-state index contributed by atoms with van der Waals surface area (Å²) in [6, 6.07) is 6.02. The van der Waals surface area contributed by atoms with Crippen LogP contribution in [0.1, 0.15) is 16.3 Å². The predicted octanol–water partition coefficient (Wildman–Crippen LogP) is 2.67. The molecule has 3 nitrogen and oxygen atoms in total. The lowest BCUT2D eigenvalue weighted by Gasteiger charge is -1.98. The van der Waals surface area contributed by atoms with Gasteiger partial charge in [-0.25, -0.2) is 4.98 Å². The highest BCUT2D eigenvalue weighted by Gasteiger charge is 2.06. The number of hydrogen-bond acceptors (Lipinski definition) is 4. The van der Waals surface area contributed by atoms with Gasteiger partial charge >= 0.3 is 0 Å². The molecule has 0 aliphatic heterocycles. The molecule has 0 fully saturated rings. The van der Waals surface area contributed by atoms with E-state index in [-0.39, 0.29) is 0 Å². The van der Waals surface area contributed by atoms with E-state index in [2.05, 4.69) is 28.3 Å². The Balaban J connectivity index is 2.02. The van der Waals surface area contributed by atoms with Crippen molar-refractivity contribution in [2.75, 3.05) is 12.4 Å². The molecule has 0 bridgehead atoms. The molecule has 0 spiro atoms. The van der Waals surface area contributed by atoms with Gasteiger partial charge in [-0.15, -0.1) is 11.3 Å². The molecule has 84 valence electrons. The predicted molar refractivity (Wildman–Crippen MR) is 68.0 cm³/mol. The number of aromatic nitrogens is 2. The van der Waals surface area contributed by atoms with Crippen LogP contribution in [0.4, 0.5) is 5.13 Å². The van der Waals surface area contributed by atoms with Crippen molar-refractivity contribution < 1.29 is 0 Å².